The second-order valence-electron chi connectivity index (χ2n) is 7.87. The highest BCUT2D eigenvalue weighted by atomic mass is 19.1. The number of methoxy groups -OCH3 is 1. The van der Waals surface area contributed by atoms with Gasteiger partial charge in [0.25, 0.3) is 5.91 Å². The molecule has 1 aliphatic rings. The Balaban J connectivity index is 1.47. The van der Waals surface area contributed by atoms with Gasteiger partial charge in [0.2, 0.25) is 0 Å². The standard InChI is InChI=1S/C22H30FN3O5/c1-3-26(22(29)18(27)6-7-20(28)30-2)13-12-25-10-8-15(9-11-25)21-17-5-4-16(23)14-19(17)31-24-21/h4-5,14-15,18,27H,3,6-13H2,1-2H3. The summed E-state index contributed by atoms with van der Waals surface area (Å²) >= 11 is 0. The number of aliphatic hydroxyl groups is 1. The summed E-state index contributed by atoms with van der Waals surface area (Å²) in [5.74, 6) is -0.882. The Morgan fingerprint density at radius 3 is 2.81 bits per heavy atom. The molecule has 1 unspecified atom stereocenters. The van der Waals surface area contributed by atoms with Crippen LogP contribution >= 0.6 is 0 Å². The number of carbonyl (C=O) groups is 2. The number of aliphatic hydroxyl groups excluding tert-OH is 1. The van der Waals surface area contributed by atoms with Gasteiger partial charge in [-0.1, -0.05) is 5.16 Å². The van der Waals surface area contributed by atoms with Gasteiger partial charge in [-0.05, 0) is 51.4 Å². The number of hydrogen-bond acceptors (Lipinski definition) is 7. The molecule has 170 valence electrons. The highest BCUT2D eigenvalue weighted by Crippen LogP contribution is 2.32. The Kier molecular flexibility index (Phi) is 7.97. The van der Waals surface area contributed by atoms with Crippen molar-refractivity contribution in [2.24, 2.45) is 0 Å². The number of halogens is 1. The van der Waals surface area contributed by atoms with E-state index in [1.54, 1.807) is 11.0 Å². The van der Waals surface area contributed by atoms with Gasteiger partial charge >= 0.3 is 5.97 Å². The van der Waals surface area contributed by atoms with Gasteiger partial charge in [0.1, 0.15) is 11.9 Å². The predicted octanol–water partition coefficient (Wildman–Crippen LogP) is 2.31. The summed E-state index contributed by atoms with van der Waals surface area (Å²) in [7, 11) is 1.28. The normalized spacial score (nSPS) is 16.4. The number of piperidine rings is 1. The molecule has 3 rings (SSSR count). The third-order valence-electron chi connectivity index (χ3n) is 5.95. The lowest BCUT2D eigenvalue weighted by Crippen LogP contribution is -2.44. The molecule has 0 spiro atoms. The fraction of sp³-hybridized carbons (Fsp3) is 0.591. The zero-order valence-corrected chi connectivity index (χ0v) is 18.1. The number of ether oxygens (including phenoxy) is 1. The van der Waals surface area contributed by atoms with Crippen LogP contribution in [0.5, 0.6) is 0 Å². The van der Waals surface area contributed by atoms with Gasteiger partial charge in [-0.2, -0.15) is 0 Å². The van der Waals surface area contributed by atoms with Crippen LogP contribution in [-0.4, -0.2) is 77.9 Å². The van der Waals surface area contributed by atoms with Crippen molar-refractivity contribution in [3.63, 3.8) is 0 Å². The van der Waals surface area contributed by atoms with Crippen LogP contribution in [0.4, 0.5) is 4.39 Å². The number of rotatable bonds is 9. The summed E-state index contributed by atoms with van der Waals surface area (Å²) in [6, 6.07) is 4.50. The molecule has 0 saturated carbocycles. The van der Waals surface area contributed by atoms with E-state index < -0.39 is 12.1 Å². The highest BCUT2D eigenvalue weighted by molar-refractivity contribution is 5.81. The van der Waals surface area contributed by atoms with Gasteiger partial charge in [-0.25, -0.2) is 4.39 Å². The minimum Gasteiger partial charge on any atom is -0.469 e. The van der Waals surface area contributed by atoms with E-state index in [2.05, 4.69) is 14.8 Å². The zero-order chi connectivity index (χ0) is 22.4. The molecule has 1 aliphatic heterocycles. The fourth-order valence-electron chi connectivity index (χ4n) is 4.03. The van der Waals surface area contributed by atoms with E-state index in [1.807, 2.05) is 6.92 Å². The average Bonchev–Trinajstić information content (AvgIpc) is 3.20. The summed E-state index contributed by atoms with van der Waals surface area (Å²) in [4.78, 5) is 27.6. The highest BCUT2D eigenvalue weighted by Gasteiger charge is 2.27. The van der Waals surface area contributed by atoms with Crippen molar-refractivity contribution in [1.29, 1.82) is 0 Å². The van der Waals surface area contributed by atoms with Gasteiger partial charge in [0.05, 0.1) is 12.8 Å². The largest absolute Gasteiger partial charge is 0.469 e. The van der Waals surface area contributed by atoms with Crippen LogP contribution in [0.2, 0.25) is 0 Å². The summed E-state index contributed by atoms with van der Waals surface area (Å²) < 4.78 is 23.2. The first-order chi connectivity index (χ1) is 14.9. The minimum atomic E-state index is -1.20. The molecule has 1 saturated heterocycles. The number of benzene rings is 1. The van der Waals surface area contributed by atoms with E-state index in [4.69, 9.17) is 4.52 Å². The van der Waals surface area contributed by atoms with Crippen LogP contribution in [0.1, 0.15) is 44.2 Å². The Bertz CT molecular complexity index is 894. The van der Waals surface area contributed by atoms with E-state index in [1.165, 1.54) is 19.2 Å². The first-order valence-electron chi connectivity index (χ1n) is 10.7. The SMILES string of the molecule is CCN(CCN1CCC(c2noc3cc(F)ccc23)CC1)C(=O)C(O)CCC(=O)OC. The van der Waals surface area contributed by atoms with Gasteiger partial charge in [-0.15, -0.1) is 0 Å². The number of carbonyl (C=O) groups excluding carboxylic acids is 2. The number of amides is 1. The number of nitrogens with zero attached hydrogens (tertiary/aromatic N) is 3. The molecule has 1 amide bonds. The Hall–Kier alpha value is -2.52. The topological polar surface area (TPSA) is 96.1 Å². The molecule has 0 radical (unpaired) electrons. The van der Waals surface area contributed by atoms with Crippen molar-refractivity contribution < 1.29 is 28.3 Å². The maximum Gasteiger partial charge on any atom is 0.305 e. The van der Waals surface area contributed by atoms with Crippen molar-refractivity contribution in [2.75, 3.05) is 39.8 Å². The third-order valence-corrected chi connectivity index (χ3v) is 5.95. The van der Waals surface area contributed by atoms with Crippen molar-refractivity contribution in [3.8, 4) is 0 Å². The van der Waals surface area contributed by atoms with Crippen LogP contribution in [0.15, 0.2) is 22.7 Å². The van der Waals surface area contributed by atoms with Gasteiger partial charge in [0.15, 0.2) is 5.58 Å². The Morgan fingerprint density at radius 1 is 1.39 bits per heavy atom. The van der Waals surface area contributed by atoms with Crippen LogP contribution in [0.3, 0.4) is 0 Å². The molecule has 1 atom stereocenters. The van der Waals surface area contributed by atoms with E-state index in [0.29, 0.717) is 25.2 Å². The first-order valence-corrected chi connectivity index (χ1v) is 10.7. The number of hydrogen-bond donors (Lipinski definition) is 1. The zero-order valence-electron chi connectivity index (χ0n) is 18.1. The number of aromatic nitrogens is 1. The number of fused-ring (bicyclic) bond motifs is 1. The van der Waals surface area contributed by atoms with Crippen molar-refractivity contribution in [3.05, 3.63) is 29.7 Å². The maximum atomic E-state index is 13.4. The molecule has 0 aliphatic carbocycles. The minimum absolute atomic E-state index is 0.0118. The molecule has 8 nitrogen and oxygen atoms in total. The monoisotopic (exact) mass is 435 g/mol. The number of likely N-dealkylation sites (N-methyl/N-ethyl adjacent to an activating group) is 1. The van der Waals surface area contributed by atoms with Gasteiger partial charge in [-0.3, -0.25) is 9.59 Å². The molecular formula is C22H30FN3O5. The van der Waals surface area contributed by atoms with Crippen molar-refractivity contribution in [2.45, 2.75) is 44.6 Å². The molecule has 1 N–H and O–H groups in total. The Morgan fingerprint density at radius 2 is 2.13 bits per heavy atom. The quantitative estimate of drug-likeness (QED) is 0.604. The second-order valence-corrected chi connectivity index (χ2v) is 7.87. The first kappa shape index (κ1) is 23.1. The molecule has 2 aromatic rings. The molecule has 1 aromatic carbocycles. The van der Waals surface area contributed by atoms with Crippen LogP contribution in [0.25, 0.3) is 11.0 Å². The molecule has 1 aromatic heterocycles. The molecule has 2 heterocycles. The predicted molar refractivity (Wildman–Crippen MR) is 112 cm³/mol. The summed E-state index contributed by atoms with van der Waals surface area (Å²) in [6.45, 7) is 5.30. The summed E-state index contributed by atoms with van der Waals surface area (Å²) in [5, 5.41) is 15.1. The lowest BCUT2D eigenvalue weighted by Gasteiger charge is -2.33. The molecule has 1 fully saturated rings. The van der Waals surface area contributed by atoms with E-state index in [-0.39, 0.29) is 30.5 Å². The smallest absolute Gasteiger partial charge is 0.305 e. The van der Waals surface area contributed by atoms with Gasteiger partial charge < -0.3 is 24.2 Å². The van der Waals surface area contributed by atoms with Crippen molar-refractivity contribution in [1.82, 2.24) is 15.0 Å². The molecule has 0 bridgehead atoms. The maximum absolute atomic E-state index is 13.4. The van der Waals surface area contributed by atoms with Crippen LogP contribution in [-0.2, 0) is 14.3 Å². The van der Waals surface area contributed by atoms with Gasteiger partial charge in [0, 0.05) is 43.4 Å². The third kappa shape index (κ3) is 5.80. The lowest BCUT2D eigenvalue weighted by molar-refractivity contribution is -0.144. The average molecular weight is 435 g/mol. The van der Waals surface area contributed by atoms with E-state index in [0.717, 1.165) is 37.0 Å². The molecule has 31 heavy (non-hydrogen) atoms. The molecular weight excluding hydrogens is 405 g/mol. The Labute approximate surface area is 180 Å². The molecule has 9 heteroatoms. The van der Waals surface area contributed by atoms with Crippen LogP contribution in [0, 0.1) is 5.82 Å². The fourth-order valence-corrected chi connectivity index (χ4v) is 4.03. The van der Waals surface area contributed by atoms with Crippen molar-refractivity contribution >= 4 is 22.8 Å². The lowest BCUT2D eigenvalue weighted by atomic mass is 9.91. The summed E-state index contributed by atoms with van der Waals surface area (Å²) in [6.07, 6.45) is 0.678. The van der Waals surface area contributed by atoms with E-state index in [9.17, 15) is 19.1 Å². The second kappa shape index (κ2) is 10.7. The van der Waals surface area contributed by atoms with Crippen LogP contribution < -0.4 is 0 Å². The number of likely N-dealkylation sites (tertiary alicyclic amines) is 1. The summed E-state index contributed by atoms with van der Waals surface area (Å²) in [5.41, 5.74) is 1.36. The van der Waals surface area contributed by atoms with E-state index >= 15 is 0 Å². The number of esters is 1.